The van der Waals surface area contributed by atoms with Crippen LogP contribution in [-0.2, 0) is 0 Å². The largest absolute Gasteiger partial charge is 0.345 e. The summed E-state index contributed by atoms with van der Waals surface area (Å²) >= 11 is 0. The van der Waals surface area contributed by atoms with Crippen LogP contribution in [0.2, 0.25) is 0 Å². The lowest BCUT2D eigenvalue weighted by molar-refractivity contribution is 0.733. The molecule has 0 radical (unpaired) electrons. The minimum Gasteiger partial charge on any atom is -0.345 e. The maximum Gasteiger partial charge on any atom is 0.184 e. The van der Waals surface area contributed by atoms with Crippen molar-refractivity contribution in [2.24, 2.45) is 4.99 Å². The molecule has 0 saturated heterocycles. The molecule has 1 N–H and O–H groups in total. The number of H-pyrrole nitrogens is 1. The number of nitrogens with zero attached hydrogens (tertiary/aromatic N) is 4. The third-order valence-electron chi connectivity index (χ3n) is 2.21. The summed E-state index contributed by atoms with van der Waals surface area (Å²) in [6, 6.07) is 7.68. The summed E-state index contributed by atoms with van der Waals surface area (Å²) in [4.78, 5) is 12.5. The molecule has 1 aromatic carbocycles. The molecule has 2 aromatic rings. The first-order valence-electron chi connectivity index (χ1n) is 5.05. The van der Waals surface area contributed by atoms with E-state index in [0.29, 0.717) is 0 Å². The van der Waals surface area contributed by atoms with Crippen molar-refractivity contribution in [1.82, 2.24) is 14.9 Å². The van der Waals surface area contributed by atoms with Crippen LogP contribution >= 0.6 is 0 Å². The number of hydrogen-bond acceptors (Lipinski definition) is 3. The number of benzene rings is 1. The highest BCUT2D eigenvalue weighted by molar-refractivity contribution is 5.65. The summed E-state index contributed by atoms with van der Waals surface area (Å²) in [6.45, 7) is 0. The van der Waals surface area contributed by atoms with Crippen LogP contribution in [0.4, 0.5) is 5.69 Å². The molecular weight excluding hydrogens is 214 g/mol. The Bertz CT molecular complexity index is 533. The van der Waals surface area contributed by atoms with Gasteiger partial charge in [-0.3, -0.25) is 4.90 Å². The van der Waals surface area contributed by atoms with Gasteiger partial charge < -0.3 is 4.98 Å². The summed E-state index contributed by atoms with van der Waals surface area (Å²) in [7, 11) is 1.64. The van der Waals surface area contributed by atoms with Gasteiger partial charge in [-0.25, -0.2) is 9.98 Å². The third-order valence-corrected chi connectivity index (χ3v) is 2.21. The number of nitrogens with one attached hydrogen (secondary N) is 1. The van der Waals surface area contributed by atoms with Gasteiger partial charge in [0.25, 0.3) is 0 Å². The normalized spacial score (nSPS) is 10.4. The summed E-state index contributed by atoms with van der Waals surface area (Å²) in [6.07, 6.45) is 6.82. The summed E-state index contributed by atoms with van der Waals surface area (Å²) in [5, 5.41) is 8.56. The van der Waals surface area contributed by atoms with E-state index in [4.69, 9.17) is 5.26 Å². The predicted octanol–water partition coefficient (Wildman–Crippen LogP) is 2.15. The molecule has 5 heteroatoms. The van der Waals surface area contributed by atoms with Crippen LogP contribution in [0.5, 0.6) is 0 Å². The van der Waals surface area contributed by atoms with Crippen molar-refractivity contribution in [3.8, 4) is 17.5 Å². The smallest absolute Gasteiger partial charge is 0.184 e. The topological polar surface area (TPSA) is 68.1 Å². The van der Waals surface area contributed by atoms with Crippen LogP contribution in [0.25, 0.3) is 11.3 Å². The number of aromatic amines is 1. The van der Waals surface area contributed by atoms with Gasteiger partial charge in [0, 0.05) is 7.05 Å². The van der Waals surface area contributed by atoms with E-state index in [1.807, 2.05) is 30.5 Å². The van der Waals surface area contributed by atoms with Crippen molar-refractivity contribution in [3.05, 3.63) is 36.8 Å². The zero-order valence-corrected chi connectivity index (χ0v) is 9.33. The van der Waals surface area contributed by atoms with E-state index in [9.17, 15) is 0 Å². The molecule has 0 aliphatic rings. The summed E-state index contributed by atoms with van der Waals surface area (Å²) in [5.41, 5.74) is 2.82. The number of aliphatic imine (C=N–C) groups is 1. The maximum atomic E-state index is 8.56. The Kier molecular flexibility index (Phi) is 3.17. The van der Waals surface area contributed by atoms with Gasteiger partial charge in [-0.2, -0.15) is 5.26 Å². The van der Waals surface area contributed by atoms with Crippen molar-refractivity contribution >= 4 is 12.0 Å². The lowest BCUT2D eigenvalue weighted by atomic mass is 10.1. The first kappa shape index (κ1) is 10.9. The van der Waals surface area contributed by atoms with E-state index < -0.39 is 0 Å². The minimum absolute atomic E-state index is 0.801. The van der Waals surface area contributed by atoms with Crippen LogP contribution in [0.15, 0.2) is 41.8 Å². The highest BCUT2D eigenvalue weighted by Crippen LogP contribution is 2.19. The van der Waals surface area contributed by atoms with Crippen molar-refractivity contribution < 1.29 is 0 Å². The average Bonchev–Trinajstić information content (AvgIpc) is 2.90. The lowest BCUT2D eigenvalue weighted by Gasteiger charge is -2.00. The van der Waals surface area contributed by atoms with Gasteiger partial charge in [-0.15, -0.1) is 0 Å². The Morgan fingerprint density at radius 1 is 1.41 bits per heavy atom. The molecule has 0 bridgehead atoms. The lowest BCUT2D eigenvalue weighted by Crippen LogP contribution is -2.06. The van der Waals surface area contributed by atoms with E-state index in [2.05, 4.69) is 15.0 Å². The molecule has 84 valence electrons. The molecule has 0 amide bonds. The van der Waals surface area contributed by atoms with Crippen molar-refractivity contribution in [3.63, 3.8) is 0 Å². The van der Waals surface area contributed by atoms with E-state index in [1.165, 1.54) is 11.2 Å². The second-order valence-corrected chi connectivity index (χ2v) is 3.47. The summed E-state index contributed by atoms with van der Waals surface area (Å²) in [5.74, 6) is 0. The molecule has 0 fully saturated rings. The molecular formula is C12H11N5. The van der Waals surface area contributed by atoms with Crippen molar-refractivity contribution in [1.29, 1.82) is 5.26 Å². The zero-order valence-electron chi connectivity index (χ0n) is 9.33. The fourth-order valence-corrected chi connectivity index (χ4v) is 1.32. The minimum atomic E-state index is 0.801. The van der Waals surface area contributed by atoms with Crippen LogP contribution in [0.1, 0.15) is 0 Å². The number of rotatable bonds is 3. The summed E-state index contributed by atoms with van der Waals surface area (Å²) < 4.78 is 0. The van der Waals surface area contributed by atoms with Crippen LogP contribution < -0.4 is 0 Å². The van der Waals surface area contributed by atoms with Crippen LogP contribution in [-0.4, -0.2) is 28.3 Å². The molecule has 0 atom stereocenters. The van der Waals surface area contributed by atoms with Crippen molar-refractivity contribution in [2.75, 3.05) is 7.05 Å². The molecule has 0 unspecified atom stereocenters. The van der Waals surface area contributed by atoms with E-state index >= 15 is 0 Å². The van der Waals surface area contributed by atoms with E-state index in [0.717, 1.165) is 16.9 Å². The molecule has 0 aliphatic heterocycles. The van der Waals surface area contributed by atoms with Gasteiger partial charge in [0.1, 0.15) is 6.34 Å². The molecule has 1 aromatic heterocycles. The second-order valence-electron chi connectivity index (χ2n) is 3.47. The van der Waals surface area contributed by atoms with Gasteiger partial charge in [0.05, 0.1) is 23.9 Å². The fraction of sp³-hybridized carbons (Fsp3) is 0.0833. The Balaban J connectivity index is 2.14. The van der Waals surface area contributed by atoms with Crippen LogP contribution in [0.3, 0.4) is 0 Å². The number of aromatic nitrogens is 2. The van der Waals surface area contributed by atoms with Gasteiger partial charge >= 0.3 is 0 Å². The van der Waals surface area contributed by atoms with Gasteiger partial charge in [0.2, 0.25) is 0 Å². The Labute approximate surface area is 99.1 Å². The Hall–Kier alpha value is -2.61. The number of hydrogen-bond donors (Lipinski definition) is 1. The molecule has 0 spiro atoms. The van der Waals surface area contributed by atoms with Crippen molar-refractivity contribution in [2.45, 2.75) is 0 Å². The van der Waals surface area contributed by atoms with E-state index in [-0.39, 0.29) is 0 Å². The Morgan fingerprint density at radius 2 is 2.18 bits per heavy atom. The van der Waals surface area contributed by atoms with E-state index in [1.54, 1.807) is 19.6 Å². The average molecular weight is 225 g/mol. The molecule has 0 saturated carbocycles. The van der Waals surface area contributed by atoms with Gasteiger partial charge in [-0.05, 0) is 17.7 Å². The maximum absolute atomic E-state index is 8.56. The third kappa shape index (κ3) is 2.69. The quantitative estimate of drug-likeness (QED) is 0.376. The molecule has 5 nitrogen and oxygen atoms in total. The highest BCUT2D eigenvalue weighted by Gasteiger charge is 1.97. The first-order valence-corrected chi connectivity index (χ1v) is 5.05. The monoisotopic (exact) mass is 225 g/mol. The number of nitriles is 1. The van der Waals surface area contributed by atoms with Crippen LogP contribution in [0, 0.1) is 11.5 Å². The standard InChI is InChI=1S/C12H11N5/c1-17(7-13)9-16-11-4-2-10(3-5-11)12-6-14-8-15-12/h2-6,8-9H,1H3,(H,14,15). The second kappa shape index (κ2) is 4.94. The molecule has 17 heavy (non-hydrogen) atoms. The SMILES string of the molecule is CN(C#N)C=Nc1ccc(-c2cnc[nH]2)cc1. The first-order chi connectivity index (χ1) is 8.29. The molecule has 1 heterocycles. The molecule has 2 rings (SSSR count). The fourth-order valence-electron chi connectivity index (χ4n) is 1.32. The zero-order chi connectivity index (χ0) is 12.1. The van der Waals surface area contributed by atoms with Gasteiger partial charge in [-0.1, -0.05) is 12.1 Å². The molecule has 0 aliphatic carbocycles. The Morgan fingerprint density at radius 3 is 2.76 bits per heavy atom. The predicted molar refractivity (Wildman–Crippen MR) is 65.6 cm³/mol. The highest BCUT2D eigenvalue weighted by atomic mass is 15.1. The van der Waals surface area contributed by atoms with Gasteiger partial charge in [0.15, 0.2) is 6.19 Å². The number of imidazole rings is 1.